The summed E-state index contributed by atoms with van der Waals surface area (Å²) >= 11 is 0. The Kier molecular flexibility index (Phi) is 7.78. The maximum absolute atomic E-state index is 5.90. The fourth-order valence-corrected chi connectivity index (χ4v) is 3.20. The van der Waals surface area contributed by atoms with Gasteiger partial charge in [-0.1, -0.05) is 69.3 Å². The van der Waals surface area contributed by atoms with Crippen LogP contribution in [0.1, 0.15) is 38.3 Å². The summed E-state index contributed by atoms with van der Waals surface area (Å²) in [5.41, 5.74) is 3.87. The van der Waals surface area contributed by atoms with E-state index in [-0.39, 0.29) is 5.41 Å². The molecule has 0 unspecified atom stereocenters. The predicted molar refractivity (Wildman–Crippen MR) is 126 cm³/mol. The van der Waals surface area contributed by atoms with Crippen LogP contribution in [0.15, 0.2) is 78.9 Å². The Morgan fingerprint density at radius 3 is 2.23 bits per heavy atom. The van der Waals surface area contributed by atoms with Gasteiger partial charge in [-0.05, 0) is 47.2 Å². The van der Waals surface area contributed by atoms with Crippen molar-refractivity contribution >= 4 is 5.69 Å². The Balaban J connectivity index is 1.40. The first kappa shape index (κ1) is 21.8. The first-order valence-corrected chi connectivity index (χ1v) is 10.8. The third kappa shape index (κ3) is 6.55. The maximum Gasteiger partial charge on any atom is 0.121 e. The van der Waals surface area contributed by atoms with Gasteiger partial charge in [0.2, 0.25) is 0 Å². The summed E-state index contributed by atoms with van der Waals surface area (Å²) in [5, 5.41) is 3.40. The minimum Gasteiger partial charge on any atom is -0.493 e. The second-order valence-corrected chi connectivity index (χ2v) is 8.15. The normalized spacial score (nSPS) is 11.2. The van der Waals surface area contributed by atoms with Gasteiger partial charge in [0.25, 0.3) is 0 Å². The van der Waals surface area contributed by atoms with Crippen molar-refractivity contribution in [2.75, 3.05) is 25.1 Å². The Morgan fingerprint density at radius 2 is 1.50 bits per heavy atom. The van der Waals surface area contributed by atoms with Crippen molar-refractivity contribution in [3.05, 3.63) is 90.0 Å². The lowest BCUT2D eigenvalue weighted by Gasteiger charge is -2.23. The molecule has 3 aromatic rings. The third-order valence-corrected chi connectivity index (χ3v) is 5.56. The zero-order chi connectivity index (χ0) is 21.2. The molecule has 3 heteroatoms. The van der Waals surface area contributed by atoms with Crippen LogP contribution in [0.2, 0.25) is 0 Å². The van der Waals surface area contributed by atoms with Crippen LogP contribution in [0.4, 0.5) is 5.69 Å². The molecule has 0 amide bonds. The molecule has 0 spiro atoms. The van der Waals surface area contributed by atoms with E-state index in [1.54, 1.807) is 0 Å². The number of hydrogen-bond acceptors (Lipinski definition) is 3. The number of benzene rings is 3. The zero-order valence-electron chi connectivity index (χ0n) is 18.4. The molecular formula is C27H33NO2. The lowest BCUT2D eigenvalue weighted by molar-refractivity contribution is 0.322. The fourth-order valence-electron chi connectivity index (χ4n) is 3.20. The maximum atomic E-state index is 5.90. The van der Waals surface area contributed by atoms with E-state index in [9.17, 15) is 0 Å². The summed E-state index contributed by atoms with van der Waals surface area (Å²) in [5.74, 6) is 1.79. The van der Waals surface area contributed by atoms with E-state index in [1.807, 2.05) is 30.3 Å². The molecule has 3 aromatic carbocycles. The highest BCUT2D eigenvalue weighted by Crippen LogP contribution is 2.28. The molecule has 0 atom stereocenters. The molecule has 0 heterocycles. The molecule has 0 aliphatic carbocycles. The summed E-state index contributed by atoms with van der Waals surface area (Å²) in [6.45, 7) is 8.77. The van der Waals surface area contributed by atoms with Crippen LogP contribution in [-0.2, 0) is 11.8 Å². The SMILES string of the molecule is CCC(C)(C)c1ccc(OCCNc2cccc(OCCc3ccccc3)c2)cc1. The van der Waals surface area contributed by atoms with Crippen molar-refractivity contribution in [1.29, 1.82) is 0 Å². The largest absolute Gasteiger partial charge is 0.493 e. The average Bonchev–Trinajstić information content (AvgIpc) is 2.78. The van der Waals surface area contributed by atoms with Crippen LogP contribution in [-0.4, -0.2) is 19.8 Å². The molecule has 0 aliphatic heterocycles. The Bertz CT molecular complexity index is 888. The van der Waals surface area contributed by atoms with Gasteiger partial charge >= 0.3 is 0 Å². The zero-order valence-corrected chi connectivity index (χ0v) is 18.4. The van der Waals surface area contributed by atoms with Crippen molar-refractivity contribution in [3.8, 4) is 11.5 Å². The van der Waals surface area contributed by atoms with Crippen LogP contribution in [0.3, 0.4) is 0 Å². The molecule has 0 radical (unpaired) electrons. The molecule has 3 rings (SSSR count). The molecule has 0 aliphatic rings. The van der Waals surface area contributed by atoms with E-state index in [1.165, 1.54) is 11.1 Å². The summed E-state index contributed by atoms with van der Waals surface area (Å²) in [6, 6.07) is 26.9. The standard InChI is InChI=1S/C27H33NO2/c1-4-27(2,3)23-13-15-25(16-14-23)30-20-18-28-24-11-8-12-26(21-24)29-19-17-22-9-6-5-7-10-22/h5-16,21,28H,4,17-20H2,1-3H3. The van der Waals surface area contributed by atoms with Crippen molar-refractivity contribution < 1.29 is 9.47 Å². The molecule has 158 valence electrons. The van der Waals surface area contributed by atoms with Crippen molar-refractivity contribution in [1.82, 2.24) is 0 Å². The highest BCUT2D eigenvalue weighted by molar-refractivity contribution is 5.48. The van der Waals surface area contributed by atoms with Crippen molar-refractivity contribution in [3.63, 3.8) is 0 Å². The smallest absolute Gasteiger partial charge is 0.121 e. The molecule has 0 aromatic heterocycles. The first-order valence-electron chi connectivity index (χ1n) is 10.8. The van der Waals surface area contributed by atoms with Gasteiger partial charge in [-0.2, -0.15) is 0 Å². The van der Waals surface area contributed by atoms with Crippen LogP contribution >= 0.6 is 0 Å². The van der Waals surface area contributed by atoms with Gasteiger partial charge in [-0.15, -0.1) is 0 Å². The van der Waals surface area contributed by atoms with Crippen LogP contribution < -0.4 is 14.8 Å². The third-order valence-electron chi connectivity index (χ3n) is 5.56. The van der Waals surface area contributed by atoms with E-state index in [0.717, 1.165) is 36.6 Å². The van der Waals surface area contributed by atoms with Gasteiger partial charge in [0, 0.05) is 24.7 Å². The Hall–Kier alpha value is -2.94. The quantitative estimate of drug-likeness (QED) is 0.371. The first-order chi connectivity index (χ1) is 14.6. The summed E-state index contributed by atoms with van der Waals surface area (Å²) in [4.78, 5) is 0. The molecule has 0 fully saturated rings. The second kappa shape index (κ2) is 10.7. The van der Waals surface area contributed by atoms with Crippen LogP contribution in [0, 0.1) is 0 Å². The average molecular weight is 404 g/mol. The number of hydrogen-bond donors (Lipinski definition) is 1. The summed E-state index contributed by atoms with van der Waals surface area (Å²) < 4.78 is 11.8. The summed E-state index contributed by atoms with van der Waals surface area (Å²) in [7, 11) is 0. The minimum atomic E-state index is 0.203. The van der Waals surface area contributed by atoms with E-state index >= 15 is 0 Å². The van der Waals surface area contributed by atoms with Gasteiger partial charge in [0.05, 0.1) is 6.61 Å². The van der Waals surface area contributed by atoms with Gasteiger partial charge < -0.3 is 14.8 Å². The van der Waals surface area contributed by atoms with Crippen LogP contribution in [0.25, 0.3) is 0 Å². The fraction of sp³-hybridized carbons (Fsp3) is 0.333. The molecular weight excluding hydrogens is 370 g/mol. The Labute approximate surface area is 181 Å². The topological polar surface area (TPSA) is 30.5 Å². The lowest BCUT2D eigenvalue weighted by Crippen LogP contribution is -2.15. The van der Waals surface area contributed by atoms with Gasteiger partial charge in [0.1, 0.15) is 18.1 Å². The van der Waals surface area contributed by atoms with Gasteiger partial charge in [0.15, 0.2) is 0 Å². The predicted octanol–water partition coefficient (Wildman–Crippen LogP) is 6.49. The highest BCUT2D eigenvalue weighted by Gasteiger charge is 2.17. The van der Waals surface area contributed by atoms with Gasteiger partial charge in [-0.25, -0.2) is 0 Å². The molecule has 0 bridgehead atoms. The molecule has 3 nitrogen and oxygen atoms in total. The van der Waals surface area contributed by atoms with Crippen LogP contribution in [0.5, 0.6) is 11.5 Å². The van der Waals surface area contributed by atoms with E-state index < -0.39 is 0 Å². The van der Waals surface area contributed by atoms with E-state index in [0.29, 0.717) is 13.2 Å². The molecule has 0 saturated carbocycles. The summed E-state index contributed by atoms with van der Waals surface area (Å²) in [6.07, 6.45) is 2.02. The number of ether oxygens (including phenoxy) is 2. The van der Waals surface area contributed by atoms with E-state index in [2.05, 4.69) is 74.6 Å². The number of anilines is 1. The Morgan fingerprint density at radius 1 is 0.767 bits per heavy atom. The molecule has 1 N–H and O–H groups in total. The highest BCUT2D eigenvalue weighted by atomic mass is 16.5. The number of rotatable bonds is 11. The minimum absolute atomic E-state index is 0.203. The van der Waals surface area contributed by atoms with Crippen molar-refractivity contribution in [2.45, 2.75) is 39.0 Å². The lowest BCUT2D eigenvalue weighted by atomic mass is 9.82. The van der Waals surface area contributed by atoms with E-state index in [4.69, 9.17) is 9.47 Å². The van der Waals surface area contributed by atoms with Crippen molar-refractivity contribution in [2.24, 2.45) is 0 Å². The number of nitrogens with one attached hydrogen (secondary N) is 1. The second-order valence-electron chi connectivity index (χ2n) is 8.15. The molecule has 30 heavy (non-hydrogen) atoms. The monoisotopic (exact) mass is 403 g/mol. The molecule has 0 saturated heterocycles. The van der Waals surface area contributed by atoms with Gasteiger partial charge in [-0.3, -0.25) is 0 Å².